The smallest absolute Gasteiger partial charge is 0.333 e. The first-order valence-corrected chi connectivity index (χ1v) is 5.88. The fourth-order valence-electron chi connectivity index (χ4n) is 1.62. The standard InChI is InChI=1S/C11H20N4O3/c1-7(2)14-11(12-6-8(3)18-5)10(15(16)17)9(4)13-14/h7-8,12H,6H2,1-5H3. The molecule has 1 N–H and O–H groups in total. The van der Waals surface area contributed by atoms with Gasteiger partial charge in [0.15, 0.2) is 0 Å². The maximum Gasteiger partial charge on any atom is 0.333 e. The molecule has 0 aliphatic heterocycles. The minimum absolute atomic E-state index is 0.0274. The number of anilines is 1. The van der Waals surface area contributed by atoms with E-state index in [-0.39, 0.29) is 17.8 Å². The molecule has 7 heteroatoms. The van der Waals surface area contributed by atoms with Crippen molar-refractivity contribution in [3.8, 4) is 0 Å². The second-order valence-electron chi connectivity index (χ2n) is 4.51. The van der Waals surface area contributed by atoms with Crippen LogP contribution in [0, 0.1) is 17.0 Å². The highest BCUT2D eigenvalue weighted by Gasteiger charge is 2.26. The van der Waals surface area contributed by atoms with Crippen molar-refractivity contribution in [1.82, 2.24) is 9.78 Å². The zero-order chi connectivity index (χ0) is 13.9. The summed E-state index contributed by atoms with van der Waals surface area (Å²) in [7, 11) is 1.60. The van der Waals surface area contributed by atoms with E-state index in [0.717, 1.165) is 0 Å². The van der Waals surface area contributed by atoms with Gasteiger partial charge in [0, 0.05) is 19.7 Å². The predicted octanol–water partition coefficient (Wildman–Crippen LogP) is 2.13. The number of nitrogens with one attached hydrogen (secondary N) is 1. The van der Waals surface area contributed by atoms with Crippen molar-refractivity contribution in [3.63, 3.8) is 0 Å². The van der Waals surface area contributed by atoms with Crippen molar-refractivity contribution < 1.29 is 9.66 Å². The van der Waals surface area contributed by atoms with Gasteiger partial charge < -0.3 is 10.1 Å². The van der Waals surface area contributed by atoms with Crippen LogP contribution in [0.15, 0.2) is 0 Å². The van der Waals surface area contributed by atoms with Crippen molar-refractivity contribution in [1.29, 1.82) is 0 Å². The molecule has 1 unspecified atom stereocenters. The van der Waals surface area contributed by atoms with Gasteiger partial charge in [0.05, 0.1) is 11.0 Å². The number of hydrogen-bond donors (Lipinski definition) is 1. The van der Waals surface area contributed by atoms with Gasteiger partial charge in [-0.05, 0) is 27.7 Å². The molecule has 1 aromatic rings. The number of aromatic nitrogens is 2. The average molecular weight is 256 g/mol. The molecule has 0 saturated heterocycles. The highest BCUT2D eigenvalue weighted by Crippen LogP contribution is 2.30. The second-order valence-corrected chi connectivity index (χ2v) is 4.51. The maximum absolute atomic E-state index is 11.1. The fraction of sp³-hybridized carbons (Fsp3) is 0.727. The third kappa shape index (κ3) is 2.98. The van der Waals surface area contributed by atoms with E-state index >= 15 is 0 Å². The number of nitrogens with zero attached hydrogens (tertiary/aromatic N) is 3. The largest absolute Gasteiger partial charge is 0.380 e. The van der Waals surface area contributed by atoms with Gasteiger partial charge in [0.25, 0.3) is 0 Å². The van der Waals surface area contributed by atoms with Gasteiger partial charge in [-0.15, -0.1) is 0 Å². The van der Waals surface area contributed by atoms with Gasteiger partial charge in [0.1, 0.15) is 5.69 Å². The van der Waals surface area contributed by atoms with Crippen LogP contribution in [0.4, 0.5) is 11.5 Å². The molecule has 1 heterocycles. The van der Waals surface area contributed by atoms with Gasteiger partial charge in [-0.2, -0.15) is 5.10 Å². The Morgan fingerprint density at radius 2 is 2.11 bits per heavy atom. The van der Waals surface area contributed by atoms with Crippen LogP contribution in [-0.4, -0.2) is 34.5 Å². The summed E-state index contributed by atoms with van der Waals surface area (Å²) in [5.41, 5.74) is 0.452. The van der Waals surface area contributed by atoms with E-state index in [1.165, 1.54) is 0 Å². The molecule has 0 bridgehead atoms. The molecule has 0 amide bonds. The quantitative estimate of drug-likeness (QED) is 0.622. The Morgan fingerprint density at radius 3 is 2.56 bits per heavy atom. The van der Waals surface area contributed by atoms with Crippen LogP contribution < -0.4 is 5.32 Å². The van der Waals surface area contributed by atoms with E-state index in [4.69, 9.17) is 4.74 Å². The van der Waals surface area contributed by atoms with Crippen molar-refractivity contribution in [2.75, 3.05) is 19.0 Å². The Bertz CT molecular complexity index is 428. The van der Waals surface area contributed by atoms with Crippen molar-refractivity contribution in [2.24, 2.45) is 0 Å². The van der Waals surface area contributed by atoms with Crippen LogP contribution in [0.25, 0.3) is 0 Å². The minimum atomic E-state index is -0.402. The number of hydrogen-bond acceptors (Lipinski definition) is 5. The fourth-order valence-corrected chi connectivity index (χ4v) is 1.62. The molecule has 1 atom stereocenters. The molecule has 0 aromatic carbocycles. The molecular formula is C11H20N4O3. The molecule has 18 heavy (non-hydrogen) atoms. The van der Waals surface area contributed by atoms with Gasteiger partial charge in [-0.1, -0.05) is 0 Å². The lowest BCUT2D eigenvalue weighted by atomic mass is 10.3. The van der Waals surface area contributed by atoms with E-state index in [1.54, 1.807) is 18.7 Å². The second kappa shape index (κ2) is 5.81. The number of nitro groups is 1. The molecule has 1 rings (SSSR count). The molecule has 0 radical (unpaired) electrons. The van der Waals surface area contributed by atoms with Crippen LogP contribution in [0.5, 0.6) is 0 Å². The topological polar surface area (TPSA) is 82.2 Å². The summed E-state index contributed by atoms with van der Waals surface area (Å²) < 4.78 is 6.75. The number of aryl methyl sites for hydroxylation is 1. The van der Waals surface area contributed by atoms with Crippen LogP contribution >= 0.6 is 0 Å². The zero-order valence-corrected chi connectivity index (χ0v) is 11.4. The molecule has 0 fully saturated rings. The van der Waals surface area contributed by atoms with E-state index < -0.39 is 4.92 Å². The Balaban J connectivity index is 3.08. The van der Waals surface area contributed by atoms with Crippen molar-refractivity contribution in [3.05, 3.63) is 15.8 Å². The highest BCUT2D eigenvalue weighted by molar-refractivity contribution is 5.59. The first-order chi connectivity index (χ1) is 8.38. The van der Waals surface area contributed by atoms with Crippen LogP contribution in [0.2, 0.25) is 0 Å². The third-order valence-electron chi connectivity index (χ3n) is 2.68. The molecule has 1 aromatic heterocycles. The minimum Gasteiger partial charge on any atom is -0.380 e. The van der Waals surface area contributed by atoms with Gasteiger partial charge in [-0.25, -0.2) is 4.68 Å². The molecule has 0 spiro atoms. The summed E-state index contributed by atoms with van der Waals surface area (Å²) >= 11 is 0. The predicted molar refractivity (Wildman–Crippen MR) is 69.0 cm³/mol. The number of rotatable bonds is 6. The highest BCUT2D eigenvalue weighted by atomic mass is 16.6. The molecule has 0 aliphatic carbocycles. The number of ether oxygens (including phenoxy) is 1. The zero-order valence-electron chi connectivity index (χ0n) is 11.4. The van der Waals surface area contributed by atoms with E-state index in [9.17, 15) is 10.1 Å². The SMILES string of the molecule is COC(C)CNc1c([N+](=O)[O-])c(C)nn1C(C)C. The first kappa shape index (κ1) is 14.4. The Morgan fingerprint density at radius 1 is 1.50 bits per heavy atom. The average Bonchev–Trinajstić information content (AvgIpc) is 2.63. The number of methoxy groups -OCH3 is 1. The summed E-state index contributed by atoms with van der Waals surface area (Å²) in [6, 6.07) is 0.0535. The van der Waals surface area contributed by atoms with Crippen LogP contribution in [0.3, 0.4) is 0 Å². The molecular weight excluding hydrogens is 236 g/mol. The lowest BCUT2D eigenvalue weighted by Gasteiger charge is -2.14. The molecule has 0 aliphatic rings. The van der Waals surface area contributed by atoms with E-state index in [0.29, 0.717) is 18.1 Å². The van der Waals surface area contributed by atoms with Gasteiger partial charge in [-0.3, -0.25) is 10.1 Å². The van der Waals surface area contributed by atoms with Crippen LogP contribution in [0.1, 0.15) is 32.5 Å². The summed E-state index contributed by atoms with van der Waals surface area (Å²) in [5, 5.41) is 18.3. The Hall–Kier alpha value is -1.63. The van der Waals surface area contributed by atoms with E-state index in [1.807, 2.05) is 20.8 Å². The normalized spacial score (nSPS) is 12.8. The Kier molecular flexibility index (Phi) is 4.66. The molecule has 102 valence electrons. The summed E-state index contributed by atoms with van der Waals surface area (Å²) in [5.74, 6) is 0.441. The summed E-state index contributed by atoms with van der Waals surface area (Å²) in [6.45, 7) is 7.89. The van der Waals surface area contributed by atoms with Gasteiger partial charge >= 0.3 is 5.69 Å². The summed E-state index contributed by atoms with van der Waals surface area (Å²) in [4.78, 5) is 10.7. The maximum atomic E-state index is 11.1. The Labute approximate surface area is 106 Å². The third-order valence-corrected chi connectivity index (χ3v) is 2.68. The van der Waals surface area contributed by atoms with Crippen LogP contribution in [-0.2, 0) is 4.74 Å². The van der Waals surface area contributed by atoms with Crippen molar-refractivity contribution in [2.45, 2.75) is 39.8 Å². The van der Waals surface area contributed by atoms with E-state index in [2.05, 4.69) is 10.4 Å². The van der Waals surface area contributed by atoms with Crippen molar-refractivity contribution >= 4 is 11.5 Å². The lowest BCUT2D eigenvalue weighted by Crippen LogP contribution is -2.21. The lowest BCUT2D eigenvalue weighted by molar-refractivity contribution is -0.384. The first-order valence-electron chi connectivity index (χ1n) is 5.88. The summed E-state index contributed by atoms with van der Waals surface area (Å²) in [6.07, 6.45) is -0.0274. The monoisotopic (exact) mass is 256 g/mol. The molecule has 0 saturated carbocycles. The molecule has 7 nitrogen and oxygen atoms in total. The van der Waals surface area contributed by atoms with Gasteiger partial charge in [0.2, 0.25) is 5.82 Å².